The molecule has 4 heterocycles. The Labute approximate surface area is 250 Å². The van der Waals surface area contributed by atoms with Gasteiger partial charge in [-0.1, -0.05) is 6.07 Å². The molecule has 236 valence electrons. The second-order valence-corrected chi connectivity index (χ2v) is 13.5. The first-order valence-corrected chi connectivity index (χ1v) is 16.3. The third-order valence-electron chi connectivity index (χ3n) is 8.21. The third-order valence-corrected chi connectivity index (χ3v) is 9.48. The normalized spacial score (nSPS) is 18.9. The number of piperidine rings is 1. The molecular weight excluding hydrogens is 584 g/mol. The van der Waals surface area contributed by atoms with Crippen molar-refractivity contribution in [1.29, 1.82) is 0 Å². The molecule has 1 unspecified atom stereocenters. The van der Waals surface area contributed by atoms with Gasteiger partial charge in [0.2, 0.25) is 27.9 Å². The standard InChI is InChI=1S/C27H40F2N9O4S/c1-38(2,19-8-6-12-36(18-19)43(4,39)40)15-7-11-30-25-32-26(35-13-16-42-17-14-35)34-27(33-25)37-20-9-5-10-21(41-3)22(20)31-24(37)23(28)29/h5,9-10,19,23H,6-8,11-18H2,1-4H3,(H,30,32,33,34)/q+1. The fourth-order valence-corrected chi connectivity index (χ4v) is 6.62. The van der Waals surface area contributed by atoms with Crippen molar-refractivity contribution >= 4 is 33.0 Å². The van der Waals surface area contributed by atoms with Crippen molar-refractivity contribution in [2.45, 2.75) is 31.7 Å². The number of methoxy groups -OCH3 is 1. The van der Waals surface area contributed by atoms with Crippen LogP contribution in [0.3, 0.4) is 0 Å². The molecule has 13 nitrogen and oxygen atoms in total. The van der Waals surface area contributed by atoms with E-state index in [2.05, 4.69) is 39.3 Å². The van der Waals surface area contributed by atoms with Crippen LogP contribution in [0.4, 0.5) is 20.7 Å². The molecule has 1 N–H and O–H groups in total. The number of para-hydroxylation sites is 1. The quantitative estimate of drug-likeness (QED) is 0.251. The number of quaternary nitrogens is 1. The number of hydrogen-bond acceptors (Lipinski definition) is 10. The summed E-state index contributed by atoms with van der Waals surface area (Å²) >= 11 is 0. The van der Waals surface area contributed by atoms with Gasteiger partial charge in [-0.3, -0.25) is 4.57 Å². The number of nitrogens with zero attached hydrogens (tertiary/aromatic N) is 8. The summed E-state index contributed by atoms with van der Waals surface area (Å²) < 4.78 is 67.1. The molecule has 0 spiro atoms. The largest absolute Gasteiger partial charge is 0.494 e. The Hall–Kier alpha value is -3.21. The number of anilines is 2. The van der Waals surface area contributed by atoms with E-state index in [1.807, 2.05) is 4.90 Å². The van der Waals surface area contributed by atoms with Gasteiger partial charge >= 0.3 is 0 Å². The van der Waals surface area contributed by atoms with Gasteiger partial charge in [-0.15, -0.1) is 0 Å². The molecule has 2 aliphatic heterocycles. The lowest BCUT2D eigenvalue weighted by molar-refractivity contribution is -0.915. The minimum atomic E-state index is -3.23. The van der Waals surface area contributed by atoms with Crippen LogP contribution in [0.25, 0.3) is 17.0 Å². The van der Waals surface area contributed by atoms with Crippen LogP contribution in [0.1, 0.15) is 31.5 Å². The van der Waals surface area contributed by atoms with E-state index in [1.54, 1.807) is 22.5 Å². The van der Waals surface area contributed by atoms with Gasteiger partial charge in [0.15, 0.2) is 5.82 Å². The number of imidazole rings is 1. The minimum absolute atomic E-state index is 0.0317. The van der Waals surface area contributed by atoms with E-state index < -0.39 is 22.3 Å². The predicted molar refractivity (Wildman–Crippen MR) is 159 cm³/mol. The Balaban J connectivity index is 1.38. The van der Waals surface area contributed by atoms with Gasteiger partial charge in [0.05, 0.1) is 59.3 Å². The van der Waals surface area contributed by atoms with Crippen LogP contribution < -0.4 is 15.0 Å². The van der Waals surface area contributed by atoms with Gasteiger partial charge in [0, 0.05) is 39.0 Å². The van der Waals surface area contributed by atoms with Gasteiger partial charge in [0.25, 0.3) is 6.43 Å². The fraction of sp³-hybridized carbons (Fsp3) is 0.630. The first-order valence-electron chi connectivity index (χ1n) is 14.4. The lowest BCUT2D eigenvalue weighted by Gasteiger charge is -2.42. The maximum Gasteiger partial charge on any atom is 0.296 e. The number of likely N-dealkylation sites (N-methyl/N-ethyl adjacent to an activating group) is 1. The minimum Gasteiger partial charge on any atom is -0.494 e. The highest BCUT2D eigenvalue weighted by atomic mass is 32.2. The first kappa shape index (κ1) is 31.2. The number of rotatable bonds is 11. The fourth-order valence-electron chi connectivity index (χ4n) is 5.71. The summed E-state index contributed by atoms with van der Waals surface area (Å²) in [7, 11) is 2.49. The number of alkyl halides is 2. The number of benzene rings is 1. The third kappa shape index (κ3) is 6.97. The average molecular weight is 625 g/mol. The van der Waals surface area contributed by atoms with Gasteiger partial charge in [-0.05, 0) is 18.6 Å². The van der Waals surface area contributed by atoms with E-state index in [1.165, 1.54) is 17.9 Å². The van der Waals surface area contributed by atoms with Gasteiger partial charge in [0.1, 0.15) is 17.3 Å². The molecule has 16 heteroatoms. The second kappa shape index (κ2) is 12.8. The monoisotopic (exact) mass is 624 g/mol. The molecule has 2 saturated heterocycles. The number of ether oxygens (including phenoxy) is 2. The van der Waals surface area contributed by atoms with E-state index >= 15 is 0 Å². The molecule has 0 saturated carbocycles. The molecule has 1 atom stereocenters. The predicted octanol–water partition coefficient (Wildman–Crippen LogP) is 2.30. The van der Waals surface area contributed by atoms with Crippen LogP contribution >= 0.6 is 0 Å². The number of morpholine rings is 1. The molecule has 1 aromatic carbocycles. The zero-order valence-electron chi connectivity index (χ0n) is 25.0. The second-order valence-electron chi connectivity index (χ2n) is 11.5. The average Bonchev–Trinajstić information content (AvgIpc) is 3.40. The van der Waals surface area contributed by atoms with Crippen molar-refractivity contribution in [2.24, 2.45) is 0 Å². The molecule has 2 fully saturated rings. The highest BCUT2D eigenvalue weighted by molar-refractivity contribution is 7.88. The molecule has 3 aromatic rings. The Morgan fingerprint density at radius 2 is 1.86 bits per heavy atom. The summed E-state index contributed by atoms with van der Waals surface area (Å²) in [5.41, 5.74) is 0.690. The lowest BCUT2D eigenvalue weighted by atomic mass is 10.0. The van der Waals surface area contributed by atoms with Gasteiger partial charge in [-0.2, -0.15) is 19.3 Å². The molecule has 0 radical (unpaired) electrons. The maximum absolute atomic E-state index is 14.3. The summed E-state index contributed by atoms with van der Waals surface area (Å²) in [6, 6.07) is 5.25. The molecule has 0 amide bonds. The van der Waals surface area contributed by atoms with Crippen molar-refractivity contribution in [3.63, 3.8) is 0 Å². The van der Waals surface area contributed by atoms with E-state index in [9.17, 15) is 17.2 Å². The zero-order chi connectivity index (χ0) is 30.8. The number of halogens is 2. The summed E-state index contributed by atoms with van der Waals surface area (Å²) in [5.74, 6) is 0.545. The number of aromatic nitrogens is 5. The molecule has 43 heavy (non-hydrogen) atoms. The van der Waals surface area contributed by atoms with Crippen LogP contribution in [0.5, 0.6) is 5.75 Å². The number of fused-ring (bicyclic) bond motifs is 1. The van der Waals surface area contributed by atoms with E-state index in [0.29, 0.717) is 73.2 Å². The molecule has 2 aliphatic rings. The van der Waals surface area contributed by atoms with Gasteiger partial charge in [-0.25, -0.2) is 22.2 Å². The van der Waals surface area contributed by atoms with Crippen LogP contribution in [0, 0.1) is 0 Å². The summed E-state index contributed by atoms with van der Waals surface area (Å²) in [4.78, 5) is 19.9. The van der Waals surface area contributed by atoms with Crippen LogP contribution in [0.2, 0.25) is 0 Å². The van der Waals surface area contributed by atoms with E-state index in [4.69, 9.17) is 9.47 Å². The van der Waals surface area contributed by atoms with Crippen LogP contribution in [-0.4, -0.2) is 128 Å². The molecular formula is C27H40F2N9O4S+. The first-order chi connectivity index (χ1) is 20.5. The summed E-state index contributed by atoms with van der Waals surface area (Å²) in [5, 5.41) is 3.27. The van der Waals surface area contributed by atoms with Crippen molar-refractivity contribution in [3.8, 4) is 11.7 Å². The Morgan fingerprint density at radius 1 is 1.12 bits per heavy atom. The molecule has 0 bridgehead atoms. The molecule has 0 aliphatic carbocycles. The van der Waals surface area contributed by atoms with Crippen molar-refractivity contribution in [3.05, 3.63) is 24.0 Å². The van der Waals surface area contributed by atoms with E-state index in [-0.39, 0.29) is 17.9 Å². The van der Waals surface area contributed by atoms with Crippen LogP contribution in [-0.2, 0) is 14.8 Å². The smallest absolute Gasteiger partial charge is 0.296 e. The summed E-state index contributed by atoms with van der Waals surface area (Å²) in [6.45, 7) is 4.51. The highest BCUT2D eigenvalue weighted by Crippen LogP contribution is 2.32. The van der Waals surface area contributed by atoms with Crippen LogP contribution in [0.15, 0.2) is 18.2 Å². The number of hydrogen-bond donors (Lipinski definition) is 1. The lowest BCUT2D eigenvalue weighted by Crippen LogP contribution is -2.57. The molecule has 2 aromatic heterocycles. The zero-order valence-corrected chi connectivity index (χ0v) is 25.9. The van der Waals surface area contributed by atoms with E-state index in [0.717, 1.165) is 25.8 Å². The van der Waals surface area contributed by atoms with Crippen molar-refractivity contribution in [2.75, 3.05) is 90.2 Å². The topological polar surface area (TPSA) is 128 Å². The summed E-state index contributed by atoms with van der Waals surface area (Å²) in [6.07, 6.45) is 0.938. The molecule has 5 rings (SSSR count). The number of sulfonamides is 1. The SMILES string of the molecule is COc1cccc2c1nc(C(F)F)n2-c1nc(NCCC[N+](C)(C)C2CCCN(S(C)(=O)=O)C2)nc(N2CCOCC2)n1. The van der Waals surface area contributed by atoms with Crippen molar-refractivity contribution < 1.29 is 31.2 Å². The van der Waals surface area contributed by atoms with Gasteiger partial charge < -0.3 is 24.2 Å². The Bertz CT molecular complexity index is 1530. The highest BCUT2D eigenvalue weighted by Gasteiger charge is 2.35. The van der Waals surface area contributed by atoms with Crippen molar-refractivity contribution in [1.82, 2.24) is 28.8 Å². The maximum atomic E-state index is 14.3. The number of nitrogens with one attached hydrogen (secondary N) is 1. The Morgan fingerprint density at radius 3 is 2.56 bits per heavy atom. The Kier molecular flexibility index (Phi) is 9.29.